The van der Waals surface area contributed by atoms with Crippen molar-refractivity contribution in [3.8, 4) is 11.5 Å². The first kappa shape index (κ1) is 26.9. The minimum atomic E-state index is -0.235. The Labute approximate surface area is 240 Å². The van der Waals surface area contributed by atoms with E-state index < -0.39 is 0 Å². The van der Waals surface area contributed by atoms with Crippen molar-refractivity contribution < 1.29 is 9.47 Å². The summed E-state index contributed by atoms with van der Waals surface area (Å²) in [5.74, 6) is 1.55. The fourth-order valence-electron chi connectivity index (χ4n) is 4.43. The number of aromatic nitrogens is 2. The van der Waals surface area contributed by atoms with Crippen LogP contribution in [0, 0.1) is 0 Å². The number of methoxy groups -OCH3 is 1. The van der Waals surface area contributed by atoms with Gasteiger partial charge in [-0.3, -0.25) is 4.79 Å². The van der Waals surface area contributed by atoms with Gasteiger partial charge in [0.05, 0.1) is 29.2 Å². The number of nitrogens with zero attached hydrogens (tertiary/aromatic N) is 3. The van der Waals surface area contributed by atoms with Gasteiger partial charge in [-0.1, -0.05) is 83.8 Å². The average molecular weight is 605 g/mol. The van der Waals surface area contributed by atoms with Crippen molar-refractivity contribution in [1.29, 1.82) is 0 Å². The van der Waals surface area contributed by atoms with Crippen LogP contribution in [0.4, 0.5) is 0 Å². The third kappa shape index (κ3) is 5.56. The summed E-state index contributed by atoms with van der Waals surface area (Å²) in [7, 11) is 1.56. The molecule has 0 aliphatic rings. The Balaban J connectivity index is 1.48. The molecule has 5 rings (SSSR count). The lowest BCUT2D eigenvalue weighted by Crippen LogP contribution is -2.23. The number of halogens is 2. The maximum absolute atomic E-state index is 13.4. The van der Waals surface area contributed by atoms with Crippen LogP contribution in [0.5, 0.6) is 11.5 Å². The number of hydrogen-bond acceptors (Lipinski definition) is 5. The average Bonchev–Trinajstić information content (AvgIpc) is 2.95. The first-order chi connectivity index (χ1) is 18.9. The number of rotatable bonds is 8. The summed E-state index contributed by atoms with van der Waals surface area (Å²) in [6, 6.07) is 23.3. The Morgan fingerprint density at radius 1 is 1.08 bits per heavy atom. The maximum atomic E-state index is 13.4. The number of benzene rings is 4. The molecule has 6 nitrogen and oxygen atoms in total. The molecule has 0 amide bonds. The van der Waals surface area contributed by atoms with Crippen LogP contribution in [0.15, 0.2) is 87.2 Å². The van der Waals surface area contributed by atoms with Crippen LogP contribution in [0.3, 0.4) is 0 Å². The van der Waals surface area contributed by atoms with Gasteiger partial charge in [-0.2, -0.15) is 9.78 Å². The van der Waals surface area contributed by atoms with Crippen LogP contribution in [0.25, 0.3) is 21.7 Å². The Morgan fingerprint density at radius 2 is 1.87 bits per heavy atom. The van der Waals surface area contributed by atoms with Crippen molar-refractivity contribution >= 4 is 55.4 Å². The molecule has 0 spiro atoms. The normalized spacial score (nSPS) is 12.3. The topological polar surface area (TPSA) is 65.7 Å². The fourth-order valence-corrected chi connectivity index (χ4v) is 5.06. The summed E-state index contributed by atoms with van der Waals surface area (Å²) in [6.07, 6.45) is 2.40. The minimum absolute atomic E-state index is 0.0332. The Bertz CT molecular complexity index is 1760. The molecule has 5 aromatic rings. The lowest BCUT2D eigenvalue weighted by Gasteiger charge is -2.15. The lowest BCUT2D eigenvalue weighted by atomic mass is 10.1. The highest BCUT2D eigenvalue weighted by Gasteiger charge is 2.17. The third-order valence-electron chi connectivity index (χ3n) is 6.71. The van der Waals surface area contributed by atoms with Crippen molar-refractivity contribution in [2.75, 3.05) is 7.11 Å². The zero-order chi connectivity index (χ0) is 27.5. The van der Waals surface area contributed by atoms with Crippen molar-refractivity contribution in [2.24, 2.45) is 5.10 Å². The second-order valence-electron chi connectivity index (χ2n) is 9.26. The van der Waals surface area contributed by atoms with Crippen LogP contribution in [0.2, 0.25) is 5.02 Å². The van der Waals surface area contributed by atoms with Crippen LogP contribution < -0.4 is 15.0 Å². The van der Waals surface area contributed by atoms with Gasteiger partial charge in [0.2, 0.25) is 0 Å². The Hall–Kier alpha value is -3.68. The van der Waals surface area contributed by atoms with Crippen molar-refractivity contribution in [3.63, 3.8) is 0 Å². The van der Waals surface area contributed by atoms with E-state index in [9.17, 15) is 4.79 Å². The van der Waals surface area contributed by atoms with E-state index in [1.807, 2.05) is 43.3 Å². The molecule has 39 heavy (non-hydrogen) atoms. The molecule has 198 valence electrons. The van der Waals surface area contributed by atoms with Gasteiger partial charge in [-0.25, -0.2) is 4.98 Å². The highest BCUT2D eigenvalue weighted by Crippen LogP contribution is 2.37. The smallest absolute Gasteiger partial charge is 0.282 e. The van der Waals surface area contributed by atoms with Gasteiger partial charge in [0.15, 0.2) is 11.5 Å². The van der Waals surface area contributed by atoms with E-state index in [2.05, 4.69) is 46.2 Å². The fraction of sp³-hybridized carbons (Fsp3) is 0.194. The molecule has 1 heterocycles. The van der Waals surface area contributed by atoms with Crippen molar-refractivity contribution in [1.82, 2.24) is 9.66 Å². The predicted molar refractivity (Wildman–Crippen MR) is 162 cm³/mol. The van der Waals surface area contributed by atoms with E-state index in [0.717, 1.165) is 27.2 Å². The summed E-state index contributed by atoms with van der Waals surface area (Å²) >= 11 is 10.1. The van der Waals surface area contributed by atoms with E-state index in [4.69, 9.17) is 26.1 Å². The van der Waals surface area contributed by atoms with Gasteiger partial charge in [0.1, 0.15) is 12.4 Å². The van der Waals surface area contributed by atoms with E-state index in [1.165, 1.54) is 4.68 Å². The second kappa shape index (κ2) is 11.6. The second-order valence-corrected chi connectivity index (χ2v) is 10.6. The molecule has 1 atom stereocenters. The first-order valence-electron chi connectivity index (χ1n) is 12.6. The van der Waals surface area contributed by atoms with E-state index in [1.54, 1.807) is 31.5 Å². The van der Waals surface area contributed by atoms with E-state index in [-0.39, 0.29) is 11.5 Å². The SMILES string of the molecule is CC[C@H](C)c1nc2ccc(Br)cc2c(=O)n1N=Cc1cc(Cl)c(OCc2cccc3ccccc23)c(OC)c1. The quantitative estimate of drug-likeness (QED) is 0.169. The number of hydrogen-bond donors (Lipinski definition) is 0. The summed E-state index contributed by atoms with van der Waals surface area (Å²) in [6.45, 7) is 4.41. The van der Waals surface area contributed by atoms with Crippen LogP contribution in [-0.2, 0) is 6.61 Å². The highest BCUT2D eigenvalue weighted by molar-refractivity contribution is 9.10. The van der Waals surface area contributed by atoms with Crippen LogP contribution in [-0.4, -0.2) is 23.0 Å². The van der Waals surface area contributed by atoms with Crippen molar-refractivity contribution in [2.45, 2.75) is 32.8 Å². The molecular weight excluding hydrogens is 578 g/mol. The predicted octanol–water partition coefficient (Wildman–Crippen LogP) is 7.95. The molecular formula is C31H27BrClN3O3. The van der Waals surface area contributed by atoms with Gasteiger partial charge in [0.25, 0.3) is 5.56 Å². The first-order valence-corrected chi connectivity index (χ1v) is 13.8. The largest absolute Gasteiger partial charge is 0.493 e. The standard InChI is InChI=1S/C31H27BrClN3O3/c1-4-19(2)30-35-27-13-12-23(32)16-25(27)31(37)36(30)34-17-20-14-26(33)29(28(15-20)38-3)39-18-22-10-7-9-21-8-5-6-11-24(21)22/h5-17,19H,4,18H2,1-3H3/t19-/m0/s1. The molecule has 0 unspecified atom stereocenters. The summed E-state index contributed by atoms with van der Waals surface area (Å²) in [4.78, 5) is 18.2. The molecule has 4 aromatic carbocycles. The third-order valence-corrected chi connectivity index (χ3v) is 7.49. The van der Waals surface area contributed by atoms with Gasteiger partial charge < -0.3 is 9.47 Å². The van der Waals surface area contributed by atoms with Crippen LogP contribution in [0.1, 0.15) is 43.1 Å². The highest BCUT2D eigenvalue weighted by atomic mass is 79.9. The van der Waals surface area contributed by atoms with Gasteiger partial charge in [0, 0.05) is 10.4 Å². The minimum Gasteiger partial charge on any atom is -0.493 e. The van der Waals surface area contributed by atoms with Gasteiger partial charge >= 0.3 is 0 Å². The zero-order valence-electron chi connectivity index (χ0n) is 21.8. The molecule has 0 aliphatic carbocycles. The molecule has 0 radical (unpaired) electrons. The molecule has 1 aromatic heterocycles. The molecule has 0 N–H and O–H groups in total. The molecule has 0 saturated carbocycles. The van der Waals surface area contributed by atoms with E-state index in [0.29, 0.717) is 45.4 Å². The molecule has 0 bridgehead atoms. The molecule has 0 aliphatic heterocycles. The summed E-state index contributed by atoms with van der Waals surface area (Å²) in [5, 5.41) is 7.68. The van der Waals surface area contributed by atoms with E-state index >= 15 is 0 Å². The number of fused-ring (bicyclic) bond motifs is 2. The van der Waals surface area contributed by atoms with Crippen molar-refractivity contribution in [3.05, 3.63) is 110 Å². The Kier molecular flexibility index (Phi) is 8.00. The Morgan fingerprint density at radius 3 is 2.67 bits per heavy atom. The summed E-state index contributed by atoms with van der Waals surface area (Å²) < 4.78 is 13.9. The molecule has 0 saturated heterocycles. The molecule has 0 fully saturated rings. The molecule has 8 heteroatoms. The lowest BCUT2D eigenvalue weighted by molar-refractivity contribution is 0.286. The summed E-state index contributed by atoms with van der Waals surface area (Å²) in [5.41, 5.74) is 2.11. The van der Waals surface area contributed by atoms with Gasteiger partial charge in [-0.15, -0.1) is 0 Å². The monoisotopic (exact) mass is 603 g/mol. The van der Waals surface area contributed by atoms with Gasteiger partial charge in [-0.05, 0) is 58.7 Å². The van der Waals surface area contributed by atoms with Crippen LogP contribution >= 0.6 is 27.5 Å². The number of ether oxygens (including phenoxy) is 2. The maximum Gasteiger partial charge on any atom is 0.282 e. The zero-order valence-corrected chi connectivity index (χ0v) is 24.2.